The average Bonchev–Trinajstić information content (AvgIpc) is 3.11. The number of nitrogens with zero attached hydrogens (tertiary/aromatic N) is 1. The van der Waals surface area contributed by atoms with Gasteiger partial charge in [-0.25, -0.2) is 4.39 Å². The molecule has 0 spiro atoms. The standard InChI is InChI=1S/C24H33NO5.C12H19FO2.C2H6.CH2O2/c1-2-18(11-14-21(27)17-26)7-5-15-25-22(16-23(25)28)20-12-9-19(10-13-20)6-3-4-8-24(29)30;1-4-7-11(8-6-9-13)12(5-2)15-10(3)14;1-2;2-1-3/h2,5,7,9-10,12-13,21-22,26-27H,3-4,6,8,11,14-17H2,1H3,(H,29,30);6-8,12H,4-5,9H2,1-3H3;1-2H3;1H,(H,2,3)/b7-5-,18-2+;8-6-,11-7+;;. The van der Waals surface area contributed by atoms with Crippen LogP contribution in [0.3, 0.4) is 0 Å². The first-order valence-corrected chi connectivity index (χ1v) is 17.4. The average molecular weight is 706 g/mol. The number of unbranched alkanes of at least 4 members (excludes halogenated alkanes) is 1. The molecule has 0 aliphatic carbocycles. The number of allylic oxidation sites excluding steroid dienone is 5. The molecule has 1 aliphatic rings. The maximum absolute atomic E-state index is 12.1. The van der Waals surface area contributed by atoms with E-state index in [2.05, 4.69) is 24.3 Å². The largest absolute Gasteiger partial charge is 0.483 e. The summed E-state index contributed by atoms with van der Waals surface area (Å²) in [5.74, 6) is -0.920. The molecule has 0 aromatic heterocycles. The van der Waals surface area contributed by atoms with E-state index in [9.17, 15) is 23.9 Å². The zero-order chi connectivity index (χ0) is 38.3. The van der Waals surface area contributed by atoms with Gasteiger partial charge in [-0.15, -0.1) is 0 Å². The van der Waals surface area contributed by atoms with Gasteiger partial charge in [-0.2, -0.15) is 0 Å². The number of amides is 1. The monoisotopic (exact) mass is 705 g/mol. The van der Waals surface area contributed by atoms with Crippen LogP contribution in [0.2, 0.25) is 0 Å². The molecular weight excluding hydrogens is 645 g/mol. The number of halogens is 1. The molecule has 1 aromatic carbocycles. The van der Waals surface area contributed by atoms with Gasteiger partial charge in [0.05, 0.1) is 25.2 Å². The highest BCUT2D eigenvalue weighted by molar-refractivity contribution is 5.83. The fraction of sp³-hybridized carbons (Fsp3) is 0.538. The number of hydrogen-bond acceptors (Lipinski definition) is 7. The third-order valence-corrected chi connectivity index (χ3v) is 7.41. The van der Waals surface area contributed by atoms with E-state index in [-0.39, 0.29) is 43.5 Å². The van der Waals surface area contributed by atoms with E-state index in [0.29, 0.717) is 38.6 Å². The van der Waals surface area contributed by atoms with Crippen molar-refractivity contribution in [2.24, 2.45) is 0 Å². The van der Waals surface area contributed by atoms with Gasteiger partial charge < -0.3 is 30.1 Å². The van der Waals surface area contributed by atoms with Gasteiger partial charge in [0.15, 0.2) is 0 Å². The van der Waals surface area contributed by atoms with Crippen molar-refractivity contribution >= 4 is 24.3 Å². The number of aliphatic hydroxyl groups is 2. The van der Waals surface area contributed by atoms with E-state index in [4.69, 9.17) is 24.9 Å². The maximum Gasteiger partial charge on any atom is 0.303 e. The molecule has 10 nitrogen and oxygen atoms in total. The first-order valence-electron chi connectivity index (χ1n) is 17.4. The predicted octanol–water partition coefficient (Wildman–Crippen LogP) is 7.31. The summed E-state index contributed by atoms with van der Waals surface area (Å²) < 4.78 is 17.1. The van der Waals surface area contributed by atoms with Gasteiger partial charge in [0.25, 0.3) is 6.47 Å². The molecule has 3 unspecified atom stereocenters. The highest BCUT2D eigenvalue weighted by atomic mass is 19.1. The minimum Gasteiger partial charge on any atom is -0.483 e. The lowest BCUT2D eigenvalue weighted by molar-refractivity contribution is -0.145. The number of likely N-dealkylation sites (tertiary alicyclic amines) is 1. The Morgan fingerprint density at radius 1 is 1.08 bits per heavy atom. The van der Waals surface area contributed by atoms with Gasteiger partial charge in [-0.3, -0.25) is 19.2 Å². The third-order valence-electron chi connectivity index (χ3n) is 7.41. The van der Waals surface area contributed by atoms with E-state index < -0.39 is 18.7 Å². The number of carboxylic acids is 1. The molecule has 0 bridgehead atoms. The number of alkyl halides is 1. The van der Waals surface area contributed by atoms with Gasteiger partial charge in [0.1, 0.15) is 12.8 Å². The molecular formula is C39H60FNO9. The predicted molar refractivity (Wildman–Crippen MR) is 195 cm³/mol. The van der Waals surface area contributed by atoms with E-state index >= 15 is 0 Å². The zero-order valence-corrected chi connectivity index (χ0v) is 30.7. The second kappa shape index (κ2) is 30.9. The van der Waals surface area contributed by atoms with Crippen LogP contribution < -0.4 is 0 Å². The van der Waals surface area contributed by atoms with Crippen molar-refractivity contribution in [3.05, 3.63) is 83.0 Å². The first kappa shape index (κ1) is 48.0. The molecule has 1 aromatic rings. The van der Waals surface area contributed by atoms with Crippen LogP contribution in [0.5, 0.6) is 0 Å². The molecule has 2 rings (SSSR count). The van der Waals surface area contributed by atoms with Crippen LogP contribution >= 0.6 is 0 Å². The number of aliphatic hydroxyl groups excluding tert-OH is 2. The Hall–Kier alpha value is -4.09. The van der Waals surface area contributed by atoms with Crippen LogP contribution in [0, 0.1) is 0 Å². The molecule has 0 saturated carbocycles. The van der Waals surface area contributed by atoms with Crippen molar-refractivity contribution in [1.82, 2.24) is 4.90 Å². The number of rotatable bonds is 19. The lowest BCUT2D eigenvalue weighted by atomic mass is 9.92. The van der Waals surface area contributed by atoms with Crippen LogP contribution in [0.25, 0.3) is 0 Å². The molecule has 3 atom stereocenters. The van der Waals surface area contributed by atoms with Crippen LogP contribution in [0.4, 0.5) is 4.39 Å². The number of aryl methyl sites for hydroxylation is 1. The highest BCUT2D eigenvalue weighted by Crippen LogP contribution is 2.34. The number of hydrogen-bond donors (Lipinski definition) is 4. The lowest BCUT2D eigenvalue weighted by Gasteiger charge is -2.40. The number of carboxylic acid groups (broad SMARTS) is 2. The molecule has 4 N–H and O–H groups in total. The Bertz CT molecular complexity index is 1210. The van der Waals surface area contributed by atoms with Gasteiger partial charge in [-0.05, 0) is 68.6 Å². The molecule has 1 saturated heterocycles. The number of β-lactam (4-membered cyclic amide) rings is 1. The Balaban J connectivity index is 0. The fourth-order valence-electron chi connectivity index (χ4n) is 4.87. The van der Waals surface area contributed by atoms with Crippen molar-refractivity contribution in [1.29, 1.82) is 0 Å². The van der Waals surface area contributed by atoms with Gasteiger partial charge >= 0.3 is 11.9 Å². The quantitative estimate of drug-likeness (QED) is 0.0380. The molecule has 1 amide bonds. The summed E-state index contributed by atoms with van der Waals surface area (Å²) in [5, 5.41) is 34.0. The van der Waals surface area contributed by atoms with Crippen LogP contribution in [-0.4, -0.2) is 81.7 Å². The van der Waals surface area contributed by atoms with Crippen LogP contribution in [0.1, 0.15) is 110 Å². The summed E-state index contributed by atoms with van der Waals surface area (Å²) in [5.41, 5.74) is 4.24. The lowest BCUT2D eigenvalue weighted by Crippen LogP contribution is -2.46. The molecule has 282 valence electrons. The summed E-state index contributed by atoms with van der Waals surface area (Å²) in [6.45, 7) is 10.8. The molecule has 1 aliphatic heterocycles. The smallest absolute Gasteiger partial charge is 0.303 e. The van der Waals surface area contributed by atoms with E-state index in [1.54, 1.807) is 6.08 Å². The van der Waals surface area contributed by atoms with Gasteiger partial charge in [-0.1, -0.05) is 94.0 Å². The number of ether oxygens (including phenoxy) is 1. The second-order valence-corrected chi connectivity index (χ2v) is 11.0. The van der Waals surface area contributed by atoms with Crippen molar-refractivity contribution in [2.75, 3.05) is 19.8 Å². The topological polar surface area (TPSA) is 162 Å². The fourth-order valence-corrected chi connectivity index (χ4v) is 4.87. The zero-order valence-electron chi connectivity index (χ0n) is 30.7. The van der Waals surface area contributed by atoms with Crippen LogP contribution in [-0.2, 0) is 30.3 Å². The number of aliphatic carboxylic acids is 1. The Labute approximate surface area is 298 Å². The first-order chi connectivity index (χ1) is 24.0. The van der Waals surface area contributed by atoms with Gasteiger partial charge in [0, 0.05) is 19.9 Å². The molecule has 1 fully saturated rings. The maximum atomic E-state index is 12.1. The van der Waals surface area contributed by atoms with Crippen molar-refractivity contribution in [3.8, 4) is 0 Å². The minimum absolute atomic E-state index is 0.0912. The molecule has 11 heteroatoms. The second-order valence-electron chi connectivity index (χ2n) is 11.0. The summed E-state index contributed by atoms with van der Waals surface area (Å²) in [6.07, 6.45) is 15.9. The van der Waals surface area contributed by atoms with Gasteiger partial charge in [0.2, 0.25) is 5.91 Å². The normalized spacial score (nSPS) is 15.4. The van der Waals surface area contributed by atoms with E-state index in [1.807, 2.05) is 63.8 Å². The van der Waals surface area contributed by atoms with Crippen LogP contribution in [0.15, 0.2) is 71.9 Å². The molecule has 50 heavy (non-hydrogen) atoms. The summed E-state index contributed by atoms with van der Waals surface area (Å²) in [4.78, 5) is 43.7. The number of benzene rings is 1. The van der Waals surface area contributed by atoms with E-state index in [0.717, 1.165) is 36.0 Å². The Morgan fingerprint density at radius 3 is 2.20 bits per heavy atom. The number of carbonyl (C=O) groups is 4. The number of carbonyl (C=O) groups excluding carboxylic acids is 2. The SMILES string of the molecule is C/C=C(\C=C/CN1C(=O)CC1c1ccc(CCCCC(=O)O)cc1)CCC(O)CO.CC.CC/C=C(\C=C/CF)C(CC)OC(C)=O.O=CO. The molecule has 1 heterocycles. The summed E-state index contributed by atoms with van der Waals surface area (Å²) in [7, 11) is 0. The Kier molecular flexibility index (Phi) is 29.7. The highest BCUT2D eigenvalue weighted by Gasteiger charge is 2.36. The summed E-state index contributed by atoms with van der Waals surface area (Å²) in [6, 6.07) is 8.35. The molecule has 0 radical (unpaired) electrons. The van der Waals surface area contributed by atoms with E-state index in [1.165, 1.54) is 18.6 Å². The number of esters is 1. The Morgan fingerprint density at radius 2 is 1.72 bits per heavy atom. The van der Waals surface area contributed by atoms with Crippen molar-refractivity contribution in [3.63, 3.8) is 0 Å². The summed E-state index contributed by atoms with van der Waals surface area (Å²) >= 11 is 0. The van der Waals surface area contributed by atoms with Crippen molar-refractivity contribution < 1.29 is 48.7 Å². The van der Waals surface area contributed by atoms with Crippen molar-refractivity contribution in [2.45, 2.75) is 118 Å². The third kappa shape index (κ3) is 21.8. The minimum atomic E-state index is -0.751.